The minimum atomic E-state index is -0.381. The SMILES string of the molecule is COc1ccc(OC)c(C=NNC(=O)c2ccccn2)c1. The number of methoxy groups -OCH3 is 2. The molecule has 1 amide bonds. The minimum Gasteiger partial charge on any atom is -0.497 e. The molecule has 0 aliphatic heterocycles. The smallest absolute Gasteiger partial charge is 0.289 e. The average molecular weight is 285 g/mol. The molecule has 6 heteroatoms. The molecule has 21 heavy (non-hydrogen) atoms. The van der Waals surface area contributed by atoms with Gasteiger partial charge in [0.2, 0.25) is 0 Å². The lowest BCUT2D eigenvalue weighted by Gasteiger charge is -2.06. The van der Waals surface area contributed by atoms with Crippen LogP contribution in [-0.2, 0) is 0 Å². The van der Waals surface area contributed by atoms with Crippen molar-refractivity contribution in [2.45, 2.75) is 0 Å². The molecule has 0 saturated heterocycles. The molecule has 1 aromatic heterocycles. The van der Waals surface area contributed by atoms with Gasteiger partial charge in [-0.05, 0) is 30.3 Å². The van der Waals surface area contributed by atoms with Gasteiger partial charge in [0.25, 0.3) is 5.91 Å². The third-order valence-electron chi connectivity index (χ3n) is 2.70. The average Bonchev–Trinajstić information content (AvgIpc) is 2.55. The van der Waals surface area contributed by atoms with Gasteiger partial charge in [-0.25, -0.2) is 5.43 Å². The first kappa shape index (κ1) is 14.5. The molecule has 2 rings (SSSR count). The second kappa shape index (κ2) is 7.04. The number of hydrogen-bond acceptors (Lipinski definition) is 5. The predicted octanol–water partition coefficient (Wildman–Crippen LogP) is 1.86. The van der Waals surface area contributed by atoms with E-state index in [2.05, 4.69) is 15.5 Å². The van der Waals surface area contributed by atoms with Gasteiger partial charge in [0.1, 0.15) is 17.2 Å². The number of nitrogens with one attached hydrogen (secondary N) is 1. The Morgan fingerprint density at radius 3 is 2.76 bits per heavy atom. The van der Waals surface area contributed by atoms with E-state index in [1.54, 1.807) is 56.8 Å². The van der Waals surface area contributed by atoms with Crippen LogP contribution in [0.2, 0.25) is 0 Å². The maximum atomic E-state index is 11.8. The van der Waals surface area contributed by atoms with Crippen LogP contribution in [0.15, 0.2) is 47.7 Å². The number of hydrazone groups is 1. The van der Waals surface area contributed by atoms with Gasteiger partial charge in [0, 0.05) is 11.8 Å². The van der Waals surface area contributed by atoms with Gasteiger partial charge >= 0.3 is 0 Å². The van der Waals surface area contributed by atoms with Crippen LogP contribution < -0.4 is 14.9 Å². The fraction of sp³-hybridized carbons (Fsp3) is 0.133. The molecule has 6 nitrogen and oxygen atoms in total. The largest absolute Gasteiger partial charge is 0.497 e. The summed E-state index contributed by atoms with van der Waals surface area (Å²) in [5.41, 5.74) is 3.40. The number of carbonyl (C=O) groups is 1. The molecule has 0 bridgehead atoms. The molecule has 1 N–H and O–H groups in total. The lowest BCUT2D eigenvalue weighted by molar-refractivity contribution is 0.0950. The zero-order chi connectivity index (χ0) is 15.1. The van der Waals surface area contributed by atoms with Crippen molar-refractivity contribution < 1.29 is 14.3 Å². The highest BCUT2D eigenvalue weighted by Gasteiger charge is 2.05. The maximum absolute atomic E-state index is 11.8. The third kappa shape index (κ3) is 3.79. The van der Waals surface area contributed by atoms with Crippen LogP contribution in [0.4, 0.5) is 0 Å². The van der Waals surface area contributed by atoms with E-state index in [1.165, 1.54) is 6.21 Å². The zero-order valence-corrected chi connectivity index (χ0v) is 11.7. The van der Waals surface area contributed by atoms with E-state index in [9.17, 15) is 4.79 Å². The number of pyridine rings is 1. The summed E-state index contributed by atoms with van der Waals surface area (Å²) in [6, 6.07) is 10.4. The second-order valence-corrected chi connectivity index (χ2v) is 4.02. The Hall–Kier alpha value is -2.89. The number of amides is 1. The summed E-state index contributed by atoms with van der Waals surface area (Å²) in [4.78, 5) is 15.7. The molecule has 0 fully saturated rings. The molecule has 1 heterocycles. The van der Waals surface area contributed by atoms with Gasteiger partial charge in [-0.15, -0.1) is 0 Å². The molecular weight excluding hydrogens is 270 g/mol. The molecule has 0 radical (unpaired) electrons. The first-order valence-electron chi connectivity index (χ1n) is 6.21. The number of ether oxygens (including phenoxy) is 2. The molecule has 108 valence electrons. The molecule has 2 aromatic rings. The number of rotatable bonds is 5. The Kier molecular flexibility index (Phi) is 4.87. The van der Waals surface area contributed by atoms with Gasteiger partial charge in [0.15, 0.2) is 0 Å². The van der Waals surface area contributed by atoms with Gasteiger partial charge in [-0.2, -0.15) is 5.10 Å². The van der Waals surface area contributed by atoms with Crippen LogP contribution in [0.1, 0.15) is 16.1 Å². The summed E-state index contributed by atoms with van der Waals surface area (Å²) < 4.78 is 10.4. The van der Waals surface area contributed by atoms with Crippen molar-refractivity contribution in [3.05, 3.63) is 53.9 Å². The van der Waals surface area contributed by atoms with E-state index in [0.29, 0.717) is 22.8 Å². The molecule has 1 aromatic carbocycles. The quantitative estimate of drug-likeness (QED) is 0.672. The number of hydrogen-bond donors (Lipinski definition) is 1. The zero-order valence-electron chi connectivity index (χ0n) is 11.7. The van der Waals surface area contributed by atoms with Crippen molar-refractivity contribution in [1.29, 1.82) is 0 Å². The highest BCUT2D eigenvalue weighted by atomic mass is 16.5. The standard InChI is InChI=1S/C15H15N3O3/c1-20-12-6-7-14(21-2)11(9-12)10-17-18-15(19)13-5-3-4-8-16-13/h3-10H,1-2H3,(H,18,19). The molecule has 0 atom stereocenters. The fourth-order valence-corrected chi connectivity index (χ4v) is 1.66. The van der Waals surface area contributed by atoms with Crippen LogP contribution in [0.3, 0.4) is 0 Å². The van der Waals surface area contributed by atoms with Gasteiger partial charge in [-0.3, -0.25) is 9.78 Å². The molecule has 0 aliphatic carbocycles. The number of nitrogens with zero attached hydrogens (tertiary/aromatic N) is 2. The van der Waals surface area contributed by atoms with Gasteiger partial charge < -0.3 is 9.47 Å². The Morgan fingerprint density at radius 1 is 1.24 bits per heavy atom. The molecule has 0 spiro atoms. The molecular formula is C15H15N3O3. The third-order valence-corrected chi connectivity index (χ3v) is 2.70. The van der Waals surface area contributed by atoms with E-state index >= 15 is 0 Å². The van der Waals surface area contributed by atoms with Crippen molar-refractivity contribution in [3.8, 4) is 11.5 Å². The summed E-state index contributed by atoms with van der Waals surface area (Å²) >= 11 is 0. The normalized spacial score (nSPS) is 10.4. The predicted molar refractivity (Wildman–Crippen MR) is 78.8 cm³/mol. The Balaban J connectivity index is 2.09. The van der Waals surface area contributed by atoms with E-state index < -0.39 is 0 Å². The molecule has 0 unspecified atom stereocenters. The lowest BCUT2D eigenvalue weighted by atomic mass is 10.2. The van der Waals surface area contributed by atoms with Crippen LogP contribution in [0.25, 0.3) is 0 Å². The number of benzene rings is 1. The Bertz CT molecular complexity index is 642. The fourth-order valence-electron chi connectivity index (χ4n) is 1.66. The summed E-state index contributed by atoms with van der Waals surface area (Å²) in [5, 5.41) is 3.90. The summed E-state index contributed by atoms with van der Waals surface area (Å²) in [7, 11) is 3.14. The van der Waals surface area contributed by atoms with Crippen molar-refractivity contribution >= 4 is 12.1 Å². The lowest BCUT2D eigenvalue weighted by Crippen LogP contribution is -2.18. The number of aromatic nitrogens is 1. The van der Waals surface area contributed by atoms with Gasteiger partial charge in [-0.1, -0.05) is 6.07 Å². The van der Waals surface area contributed by atoms with Crippen molar-refractivity contribution in [2.24, 2.45) is 5.10 Å². The topological polar surface area (TPSA) is 72.8 Å². The highest BCUT2D eigenvalue weighted by Crippen LogP contribution is 2.22. The molecule has 0 aliphatic rings. The second-order valence-electron chi connectivity index (χ2n) is 4.02. The highest BCUT2D eigenvalue weighted by molar-refractivity contribution is 5.93. The summed E-state index contributed by atoms with van der Waals surface area (Å²) in [6.07, 6.45) is 3.03. The van der Waals surface area contributed by atoms with E-state index in [1.807, 2.05) is 0 Å². The van der Waals surface area contributed by atoms with E-state index in [-0.39, 0.29) is 5.91 Å². The van der Waals surface area contributed by atoms with Crippen LogP contribution >= 0.6 is 0 Å². The van der Waals surface area contributed by atoms with Crippen LogP contribution in [0, 0.1) is 0 Å². The monoisotopic (exact) mass is 285 g/mol. The minimum absolute atomic E-state index is 0.298. The van der Waals surface area contributed by atoms with Crippen molar-refractivity contribution in [2.75, 3.05) is 14.2 Å². The summed E-state index contributed by atoms with van der Waals surface area (Å²) in [5.74, 6) is 0.925. The molecule has 0 saturated carbocycles. The van der Waals surface area contributed by atoms with E-state index in [4.69, 9.17) is 9.47 Å². The van der Waals surface area contributed by atoms with Crippen molar-refractivity contribution in [1.82, 2.24) is 10.4 Å². The van der Waals surface area contributed by atoms with Crippen LogP contribution in [0.5, 0.6) is 11.5 Å². The number of carbonyl (C=O) groups excluding carboxylic acids is 1. The van der Waals surface area contributed by atoms with E-state index in [0.717, 1.165) is 0 Å². The first-order chi connectivity index (χ1) is 10.2. The maximum Gasteiger partial charge on any atom is 0.289 e. The summed E-state index contributed by atoms with van der Waals surface area (Å²) in [6.45, 7) is 0. The van der Waals surface area contributed by atoms with Crippen molar-refractivity contribution in [3.63, 3.8) is 0 Å². The Labute approximate surface area is 122 Å². The van der Waals surface area contributed by atoms with Gasteiger partial charge in [0.05, 0.1) is 20.4 Å². The Morgan fingerprint density at radius 2 is 2.10 bits per heavy atom. The van der Waals surface area contributed by atoms with Crippen LogP contribution in [-0.4, -0.2) is 31.3 Å². The first-order valence-corrected chi connectivity index (χ1v) is 6.21.